The van der Waals surface area contributed by atoms with Gasteiger partial charge in [0.05, 0.1) is 13.1 Å². The smallest absolute Gasteiger partial charge is 0.247 e. The summed E-state index contributed by atoms with van der Waals surface area (Å²) in [5, 5.41) is 4.63. The second-order valence-corrected chi connectivity index (χ2v) is 6.60. The summed E-state index contributed by atoms with van der Waals surface area (Å²) >= 11 is 5.05. The van der Waals surface area contributed by atoms with Crippen molar-refractivity contribution in [3.63, 3.8) is 0 Å². The molecule has 21 heavy (non-hydrogen) atoms. The van der Waals surface area contributed by atoms with Gasteiger partial charge in [-0.2, -0.15) is 0 Å². The van der Waals surface area contributed by atoms with Crippen LogP contribution in [0.3, 0.4) is 0 Å². The molecule has 1 N–H and O–H groups in total. The molecule has 1 aromatic heterocycles. The van der Waals surface area contributed by atoms with Gasteiger partial charge >= 0.3 is 0 Å². The van der Waals surface area contributed by atoms with Gasteiger partial charge in [0.1, 0.15) is 6.04 Å². The molecule has 1 atom stereocenters. The lowest BCUT2D eigenvalue weighted by Gasteiger charge is -2.35. The van der Waals surface area contributed by atoms with Crippen LogP contribution in [0.5, 0.6) is 0 Å². The number of piperazine rings is 1. The van der Waals surface area contributed by atoms with E-state index in [0.717, 1.165) is 14.9 Å². The van der Waals surface area contributed by atoms with Gasteiger partial charge < -0.3 is 10.2 Å². The maximum atomic E-state index is 12.3. The molecule has 1 unspecified atom stereocenters. The molecule has 0 bridgehead atoms. The Kier molecular flexibility index (Phi) is 4.07. The number of carbonyl (C=O) groups is 2. The highest BCUT2D eigenvalue weighted by Crippen LogP contribution is 2.30. The quantitative estimate of drug-likeness (QED) is 0.909. The largest absolute Gasteiger partial charge is 0.345 e. The van der Waals surface area contributed by atoms with Crippen molar-refractivity contribution in [2.45, 2.75) is 12.6 Å². The Morgan fingerprint density at radius 2 is 2.00 bits per heavy atom. The van der Waals surface area contributed by atoms with Gasteiger partial charge in [0.2, 0.25) is 11.8 Å². The number of hydrogen-bond donors (Lipinski definition) is 1. The van der Waals surface area contributed by atoms with Gasteiger partial charge in [0, 0.05) is 9.35 Å². The Hall–Kier alpha value is -1.66. The predicted octanol–water partition coefficient (Wildman–Crippen LogP) is 2.71. The fourth-order valence-electron chi connectivity index (χ4n) is 2.39. The summed E-state index contributed by atoms with van der Waals surface area (Å²) in [5.41, 5.74) is 0.829. The predicted molar refractivity (Wildman–Crippen MR) is 84.8 cm³/mol. The number of amides is 2. The van der Waals surface area contributed by atoms with Crippen LogP contribution >= 0.6 is 27.3 Å². The molecule has 4 nitrogen and oxygen atoms in total. The Morgan fingerprint density at radius 3 is 2.67 bits per heavy atom. The van der Waals surface area contributed by atoms with Crippen molar-refractivity contribution in [1.29, 1.82) is 0 Å². The average Bonchev–Trinajstić information content (AvgIpc) is 2.89. The molecule has 1 fully saturated rings. The van der Waals surface area contributed by atoms with E-state index in [1.807, 2.05) is 41.8 Å². The van der Waals surface area contributed by atoms with Crippen LogP contribution in [0, 0.1) is 0 Å². The van der Waals surface area contributed by atoms with Gasteiger partial charge in [-0.1, -0.05) is 30.3 Å². The first-order valence-electron chi connectivity index (χ1n) is 6.51. The van der Waals surface area contributed by atoms with E-state index < -0.39 is 6.04 Å². The first-order valence-corrected chi connectivity index (χ1v) is 8.18. The topological polar surface area (TPSA) is 49.4 Å². The Bertz CT molecular complexity index is 671. The van der Waals surface area contributed by atoms with Gasteiger partial charge in [-0.15, -0.1) is 11.3 Å². The fourth-order valence-corrected chi connectivity index (χ4v) is 3.86. The van der Waals surface area contributed by atoms with Crippen molar-refractivity contribution < 1.29 is 9.59 Å². The number of carbonyl (C=O) groups excluding carboxylic acids is 2. The number of nitrogens with one attached hydrogen (secondary N) is 1. The van der Waals surface area contributed by atoms with Crippen LogP contribution in [0.4, 0.5) is 0 Å². The SMILES string of the molecule is O=C1NCC(=O)N(Cc2sccc2Br)C1c1ccccc1. The summed E-state index contributed by atoms with van der Waals surface area (Å²) < 4.78 is 0.970. The number of rotatable bonds is 3. The molecule has 0 aliphatic carbocycles. The molecule has 3 rings (SSSR count). The lowest BCUT2D eigenvalue weighted by atomic mass is 10.0. The van der Waals surface area contributed by atoms with Crippen molar-refractivity contribution >= 4 is 39.1 Å². The highest BCUT2D eigenvalue weighted by Gasteiger charge is 2.35. The van der Waals surface area contributed by atoms with E-state index in [1.54, 1.807) is 16.2 Å². The summed E-state index contributed by atoms with van der Waals surface area (Å²) in [6.45, 7) is 0.495. The van der Waals surface area contributed by atoms with Gasteiger partial charge in [0.25, 0.3) is 0 Å². The zero-order valence-electron chi connectivity index (χ0n) is 11.1. The Labute approximate surface area is 134 Å². The summed E-state index contributed by atoms with van der Waals surface area (Å²) in [4.78, 5) is 27.2. The van der Waals surface area contributed by atoms with Crippen molar-refractivity contribution in [3.8, 4) is 0 Å². The third kappa shape index (κ3) is 2.87. The summed E-state index contributed by atoms with van der Waals surface area (Å²) in [7, 11) is 0. The summed E-state index contributed by atoms with van der Waals surface area (Å²) in [6, 6.07) is 10.8. The van der Waals surface area contributed by atoms with Crippen molar-refractivity contribution in [1.82, 2.24) is 10.2 Å². The number of thiophene rings is 1. The van der Waals surface area contributed by atoms with E-state index in [1.165, 1.54) is 0 Å². The molecule has 108 valence electrons. The van der Waals surface area contributed by atoms with Crippen LogP contribution in [0.2, 0.25) is 0 Å². The zero-order chi connectivity index (χ0) is 14.8. The van der Waals surface area contributed by atoms with Crippen LogP contribution in [0.25, 0.3) is 0 Å². The normalized spacial score (nSPS) is 18.7. The van der Waals surface area contributed by atoms with Crippen LogP contribution in [0.1, 0.15) is 16.5 Å². The van der Waals surface area contributed by atoms with E-state index in [2.05, 4.69) is 21.2 Å². The number of halogens is 1. The van der Waals surface area contributed by atoms with Crippen molar-refractivity contribution in [3.05, 3.63) is 56.7 Å². The maximum Gasteiger partial charge on any atom is 0.247 e. The van der Waals surface area contributed by atoms with Gasteiger partial charge in [0.15, 0.2) is 0 Å². The first kappa shape index (κ1) is 14.3. The third-order valence-corrected chi connectivity index (χ3v) is 5.33. The molecule has 1 aromatic carbocycles. The standard InChI is InChI=1S/C15H13BrN2O2S/c16-11-6-7-21-12(11)9-18-13(19)8-17-15(20)14(18)10-4-2-1-3-5-10/h1-7,14H,8-9H2,(H,17,20). The molecular formula is C15H13BrN2O2S. The first-order chi connectivity index (χ1) is 10.2. The number of hydrogen-bond acceptors (Lipinski definition) is 3. The van der Waals surface area contributed by atoms with Crippen LogP contribution in [-0.2, 0) is 16.1 Å². The molecule has 0 radical (unpaired) electrons. The highest BCUT2D eigenvalue weighted by atomic mass is 79.9. The van der Waals surface area contributed by atoms with Crippen molar-refractivity contribution in [2.75, 3.05) is 6.54 Å². The summed E-state index contributed by atoms with van der Waals surface area (Å²) in [6.07, 6.45) is 0. The second-order valence-electron chi connectivity index (χ2n) is 4.74. The maximum absolute atomic E-state index is 12.3. The number of nitrogens with zero attached hydrogens (tertiary/aromatic N) is 1. The molecule has 2 heterocycles. The lowest BCUT2D eigenvalue weighted by Crippen LogP contribution is -2.53. The molecule has 0 spiro atoms. The van der Waals surface area contributed by atoms with E-state index in [0.29, 0.717) is 6.54 Å². The van der Waals surface area contributed by atoms with Gasteiger partial charge in [-0.25, -0.2) is 0 Å². The molecule has 1 aliphatic rings. The zero-order valence-corrected chi connectivity index (χ0v) is 13.5. The number of benzene rings is 1. The Morgan fingerprint density at radius 1 is 1.24 bits per heavy atom. The van der Waals surface area contributed by atoms with Gasteiger partial charge in [-0.3, -0.25) is 9.59 Å². The molecule has 2 amide bonds. The highest BCUT2D eigenvalue weighted by molar-refractivity contribution is 9.10. The van der Waals surface area contributed by atoms with E-state index in [9.17, 15) is 9.59 Å². The molecule has 6 heteroatoms. The van der Waals surface area contributed by atoms with Crippen LogP contribution in [-0.4, -0.2) is 23.3 Å². The minimum absolute atomic E-state index is 0.0607. The average molecular weight is 365 g/mol. The van der Waals surface area contributed by atoms with Crippen LogP contribution < -0.4 is 5.32 Å². The molecule has 2 aromatic rings. The van der Waals surface area contributed by atoms with Gasteiger partial charge in [-0.05, 0) is 32.9 Å². The minimum atomic E-state index is -0.568. The molecule has 1 saturated heterocycles. The monoisotopic (exact) mass is 364 g/mol. The van der Waals surface area contributed by atoms with E-state index in [-0.39, 0.29) is 18.4 Å². The third-order valence-electron chi connectivity index (χ3n) is 3.41. The molecule has 0 saturated carbocycles. The molecular weight excluding hydrogens is 352 g/mol. The Balaban J connectivity index is 1.95. The van der Waals surface area contributed by atoms with Crippen LogP contribution in [0.15, 0.2) is 46.3 Å². The summed E-state index contributed by atoms with van der Waals surface area (Å²) in [5.74, 6) is -0.197. The van der Waals surface area contributed by atoms with Crippen molar-refractivity contribution in [2.24, 2.45) is 0 Å². The molecule has 1 aliphatic heterocycles. The second kappa shape index (κ2) is 5.99. The fraction of sp³-hybridized carbons (Fsp3) is 0.200. The van der Waals surface area contributed by atoms with E-state index >= 15 is 0 Å². The minimum Gasteiger partial charge on any atom is -0.345 e. The van der Waals surface area contributed by atoms with E-state index in [4.69, 9.17) is 0 Å². The lowest BCUT2D eigenvalue weighted by molar-refractivity contribution is -0.146.